The van der Waals surface area contributed by atoms with E-state index in [9.17, 15) is 4.79 Å². The van der Waals surface area contributed by atoms with Crippen molar-refractivity contribution in [3.63, 3.8) is 0 Å². The van der Waals surface area contributed by atoms with Gasteiger partial charge < -0.3 is 5.32 Å². The first-order chi connectivity index (χ1) is 11.0. The number of hydrogen-bond acceptors (Lipinski definition) is 2. The van der Waals surface area contributed by atoms with Gasteiger partial charge in [-0.3, -0.25) is 4.79 Å². The summed E-state index contributed by atoms with van der Waals surface area (Å²) >= 11 is 11.3. The molecule has 1 aliphatic heterocycles. The Labute approximate surface area is 154 Å². The van der Waals surface area contributed by atoms with E-state index in [1.54, 1.807) is 23.9 Å². The van der Waals surface area contributed by atoms with Gasteiger partial charge in [0.2, 0.25) is 5.91 Å². The highest BCUT2D eigenvalue weighted by Crippen LogP contribution is 2.46. The summed E-state index contributed by atoms with van der Waals surface area (Å²) in [5.74, 6) is 0.898. The van der Waals surface area contributed by atoms with Crippen molar-refractivity contribution in [3.8, 4) is 0 Å². The van der Waals surface area contributed by atoms with E-state index < -0.39 is 0 Å². The molecule has 5 heteroatoms. The third-order valence-corrected chi connectivity index (χ3v) is 6.90. The number of carbonyl (C=O) groups excluding carboxylic acids is 1. The Morgan fingerprint density at radius 2 is 1.78 bits per heavy atom. The van der Waals surface area contributed by atoms with Crippen molar-refractivity contribution in [2.75, 3.05) is 11.1 Å². The summed E-state index contributed by atoms with van der Waals surface area (Å²) in [6.07, 6.45) is 0. The van der Waals surface area contributed by atoms with Gasteiger partial charge in [0.25, 0.3) is 0 Å². The molecule has 0 aromatic heterocycles. The maximum absolute atomic E-state index is 12.7. The van der Waals surface area contributed by atoms with Crippen LogP contribution in [0.4, 0.5) is 5.69 Å². The molecule has 1 amide bonds. The van der Waals surface area contributed by atoms with Gasteiger partial charge in [0, 0.05) is 21.3 Å². The predicted octanol–water partition coefficient (Wildman–Crippen LogP) is 5.82. The Morgan fingerprint density at radius 3 is 2.43 bits per heavy atom. The molecule has 0 saturated carbocycles. The van der Waals surface area contributed by atoms with Gasteiger partial charge in [-0.25, -0.2) is 0 Å². The van der Waals surface area contributed by atoms with Crippen molar-refractivity contribution in [2.24, 2.45) is 0 Å². The molecule has 0 bridgehead atoms. The SMILES string of the molecule is Cc1cc2c(cc1C)C(C(=O)Nc1ccc(Cl)cc1)SCC2Br. The molecule has 0 aliphatic carbocycles. The van der Waals surface area contributed by atoms with Crippen molar-refractivity contribution in [1.82, 2.24) is 0 Å². The number of thioether (sulfide) groups is 1. The van der Waals surface area contributed by atoms with Crippen LogP contribution >= 0.6 is 39.3 Å². The Hall–Kier alpha value is -0.970. The summed E-state index contributed by atoms with van der Waals surface area (Å²) in [4.78, 5) is 13.0. The molecule has 1 N–H and O–H groups in total. The first-order valence-electron chi connectivity index (χ1n) is 7.39. The zero-order valence-electron chi connectivity index (χ0n) is 12.9. The summed E-state index contributed by atoms with van der Waals surface area (Å²) in [6, 6.07) is 11.6. The lowest BCUT2D eigenvalue weighted by Crippen LogP contribution is -2.24. The van der Waals surface area contributed by atoms with Gasteiger partial charge in [-0.1, -0.05) is 39.7 Å². The minimum absolute atomic E-state index is 0.0150. The highest BCUT2D eigenvalue weighted by molar-refractivity contribution is 9.09. The minimum Gasteiger partial charge on any atom is -0.325 e. The number of aryl methyl sites for hydroxylation is 2. The normalized spacial score (nSPS) is 20.0. The van der Waals surface area contributed by atoms with Crippen molar-refractivity contribution < 1.29 is 4.79 Å². The molecule has 0 radical (unpaired) electrons. The van der Waals surface area contributed by atoms with Crippen LogP contribution in [-0.4, -0.2) is 11.7 Å². The van der Waals surface area contributed by atoms with Gasteiger partial charge >= 0.3 is 0 Å². The lowest BCUT2D eigenvalue weighted by molar-refractivity contribution is -0.115. The van der Waals surface area contributed by atoms with Gasteiger partial charge in [-0.2, -0.15) is 0 Å². The number of rotatable bonds is 2. The fourth-order valence-corrected chi connectivity index (χ4v) is 4.79. The summed E-state index contributed by atoms with van der Waals surface area (Å²) in [5, 5.41) is 3.47. The molecular formula is C18H17BrClNOS. The highest BCUT2D eigenvalue weighted by Gasteiger charge is 2.31. The van der Waals surface area contributed by atoms with Crippen molar-refractivity contribution in [1.29, 1.82) is 0 Å². The van der Waals surface area contributed by atoms with Gasteiger partial charge in [-0.15, -0.1) is 11.8 Å². The van der Waals surface area contributed by atoms with Crippen LogP contribution in [0.3, 0.4) is 0 Å². The first-order valence-corrected chi connectivity index (χ1v) is 9.73. The monoisotopic (exact) mass is 409 g/mol. The van der Waals surface area contributed by atoms with E-state index in [2.05, 4.69) is 47.2 Å². The van der Waals surface area contributed by atoms with Crippen LogP contribution in [0.5, 0.6) is 0 Å². The Balaban J connectivity index is 1.89. The van der Waals surface area contributed by atoms with Crippen LogP contribution in [0, 0.1) is 13.8 Å². The van der Waals surface area contributed by atoms with Crippen LogP contribution in [0.1, 0.15) is 32.3 Å². The largest absolute Gasteiger partial charge is 0.325 e. The number of benzene rings is 2. The average molecular weight is 411 g/mol. The lowest BCUT2D eigenvalue weighted by Gasteiger charge is -2.29. The van der Waals surface area contributed by atoms with Crippen molar-refractivity contribution in [2.45, 2.75) is 23.9 Å². The molecule has 1 heterocycles. The van der Waals surface area contributed by atoms with Crippen molar-refractivity contribution >= 4 is 50.9 Å². The number of halogens is 2. The maximum atomic E-state index is 12.7. The van der Waals surface area contributed by atoms with E-state index in [1.165, 1.54) is 16.7 Å². The smallest absolute Gasteiger partial charge is 0.242 e. The Bertz CT molecular complexity index is 747. The average Bonchev–Trinajstić information content (AvgIpc) is 2.52. The van der Waals surface area contributed by atoms with Gasteiger partial charge in [0.1, 0.15) is 5.25 Å². The molecule has 3 rings (SSSR count). The van der Waals surface area contributed by atoms with E-state index in [0.29, 0.717) is 9.85 Å². The Morgan fingerprint density at radius 1 is 1.17 bits per heavy atom. The summed E-state index contributed by atoms with van der Waals surface area (Å²) in [6.45, 7) is 4.20. The zero-order chi connectivity index (χ0) is 16.6. The molecule has 0 spiro atoms. The van der Waals surface area contributed by atoms with Gasteiger partial charge in [-0.05, 0) is 60.4 Å². The fourth-order valence-electron chi connectivity index (χ4n) is 2.68. The fraction of sp³-hybridized carbons (Fsp3) is 0.278. The second-order valence-electron chi connectivity index (χ2n) is 5.74. The number of amides is 1. The number of alkyl halides is 1. The molecule has 2 atom stereocenters. The van der Waals surface area contributed by atoms with Crippen LogP contribution in [0.25, 0.3) is 0 Å². The maximum Gasteiger partial charge on any atom is 0.242 e. The zero-order valence-corrected chi connectivity index (χ0v) is 16.1. The quantitative estimate of drug-likeness (QED) is 0.632. The molecular weight excluding hydrogens is 394 g/mol. The topological polar surface area (TPSA) is 29.1 Å². The molecule has 23 heavy (non-hydrogen) atoms. The third kappa shape index (κ3) is 3.59. The minimum atomic E-state index is -0.186. The van der Waals surface area contributed by atoms with Crippen LogP contribution in [0.2, 0.25) is 5.02 Å². The highest BCUT2D eigenvalue weighted by atomic mass is 79.9. The predicted molar refractivity (Wildman–Crippen MR) is 103 cm³/mol. The number of hydrogen-bond donors (Lipinski definition) is 1. The Kier molecular flexibility index (Phi) is 5.04. The van der Waals surface area contributed by atoms with Crippen LogP contribution in [-0.2, 0) is 4.79 Å². The first kappa shape index (κ1) is 16.9. The van der Waals surface area contributed by atoms with E-state index in [4.69, 9.17) is 11.6 Å². The number of carbonyl (C=O) groups is 1. The second kappa shape index (κ2) is 6.88. The van der Waals surface area contributed by atoms with Crippen LogP contribution in [0.15, 0.2) is 36.4 Å². The van der Waals surface area contributed by atoms with E-state index in [1.807, 2.05) is 12.1 Å². The molecule has 2 aromatic carbocycles. The van der Waals surface area contributed by atoms with E-state index >= 15 is 0 Å². The molecule has 1 aliphatic rings. The standard InChI is InChI=1S/C18H17BrClNOS/c1-10-7-14-15(8-11(10)2)17(23-9-16(14)19)18(22)21-13-5-3-12(20)4-6-13/h3-8,16-17H,9H2,1-2H3,(H,21,22). The summed E-state index contributed by atoms with van der Waals surface area (Å²) in [5.41, 5.74) is 5.58. The molecule has 0 saturated heterocycles. The van der Waals surface area contributed by atoms with Gasteiger partial charge in [0.05, 0.1) is 0 Å². The third-order valence-electron chi connectivity index (χ3n) is 4.08. The number of fused-ring (bicyclic) bond motifs is 1. The molecule has 2 nitrogen and oxygen atoms in total. The molecule has 0 fully saturated rings. The van der Waals surface area contributed by atoms with Crippen LogP contribution < -0.4 is 5.32 Å². The number of nitrogens with one attached hydrogen (secondary N) is 1. The lowest BCUT2D eigenvalue weighted by atomic mass is 9.95. The summed E-state index contributed by atoms with van der Waals surface area (Å²) < 4.78 is 0. The van der Waals surface area contributed by atoms with Gasteiger partial charge in [0.15, 0.2) is 0 Å². The molecule has 2 aromatic rings. The van der Waals surface area contributed by atoms with E-state index in [0.717, 1.165) is 17.0 Å². The second-order valence-corrected chi connectivity index (χ2v) is 8.42. The summed E-state index contributed by atoms with van der Waals surface area (Å²) in [7, 11) is 0. The number of anilines is 1. The van der Waals surface area contributed by atoms with Crippen molar-refractivity contribution in [3.05, 3.63) is 63.7 Å². The molecule has 120 valence electrons. The molecule has 2 unspecified atom stereocenters. The van der Waals surface area contributed by atoms with E-state index in [-0.39, 0.29) is 11.2 Å².